The number of hydrogen-bond donors (Lipinski definition) is 0. The van der Waals surface area contributed by atoms with E-state index in [1.165, 1.54) is 25.3 Å². The maximum Gasteiger partial charge on any atom is 0.289 e. The van der Waals surface area contributed by atoms with E-state index in [4.69, 9.17) is 4.42 Å². The third-order valence-corrected chi connectivity index (χ3v) is 6.70. The molecule has 0 N–H and O–H groups in total. The van der Waals surface area contributed by atoms with Crippen LogP contribution in [0.25, 0.3) is 0 Å². The number of furan rings is 1. The predicted molar refractivity (Wildman–Crippen MR) is 119 cm³/mol. The molecule has 1 aliphatic carbocycles. The molecule has 1 aromatic heterocycles. The first kappa shape index (κ1) is 22.0. The fraction of sp³-hybridized carbons (Fsp3) is 0.560. The quantitative estimate of drug-likeness (QED) is 0.651. The van der Waals surface area contributed by atoms with Crippen LogP contribution in [-0.2, 0) is 13.1 Å². The third kappa shape index (κ3) is 5.74. The van der Waals surface area contributed by atoms with Gasteiger partial charge in [0, 0.05) is 38.8 Å². The molecule has 168 valence electrons. The predicted octanol–water partition coefficient (Wildman–Crippen LogP) is 4.53. The Balaban J connectivity index is 1.43. The molecule has 1 saturated heterocycles. The molecular weight excluding hydrogens is 393 g/mol. The zero-order valence-corrected chi connectivity index (χ0v) is 18.6. The highest BCUT2D eigenvalue weighted by atomic mass is 19.1. The van der Waals surface area contributed by atoms with E-state index < -0.39 is 0 Å². The largest absolute Gasteiger partial charge is 0.455 e. The van der Waals surface area contributed by atoms with Crippen molar-refractivity contribution in [2.45, 2.75) is 58.2 Å². The number of benzene rings is 1. The van der Waals surface area contributed by atoms with Crippen molar-refractivity contribution in [3.63, 3.8) is 0 Å². The molecule has 2 aliphatic rings. The summed E-state index contributed by atoms with van der Waals surface area (Å²) in [6, 6.07) is 11.0. The molecule has 0 unspecified atom stereocenters. The maximum atomic E-state index is 13.7. The Morgan fingerprint density at radius 2 is 1.84 bits per heavy atom. The van der Waals surface area contributed by atoms with Gasteiger partial charge in [0.25, 0.3) is 5.91 Å². The van der Waals surface area contributed by atoms with Crippen LogP contribution in [0.15, 0.2) is 40.8 Å². The van der Waals surface area contributed by atoms with Crippen LogP contribution >= 0.6 is 0 Å². The first-order valence-corrected chi connectivity index (χ1v) is 11.7. The van der Waals surface area contributed by atoms with Crippen molar-refractivity contribution in [2.75, 3.05) is 32.7 Å². The van der Waals surface area contributed by atoms with Crippen LogP contribution in [0.3, 0.4) is 0 Å². The lowest BCUT2D eigenvalue weighted by molar-refractivity contribution is 0.0606. The number of hydrogen-bond acceptors (Lipinski definition) is 4. The summed E-state index contributed by atoms with van der Waals surface area (Å²) >= 11 is 0. The van der Waals surface area contributed by atoms with Crippen LogP contribution < -0.4 is 0 Å². The smallest absolute Gasteiger partial charge is 0.289 e. The van der Waals surface area contributed by atoms with Crippen molar-refractivity contribution in [3.05, 3.63) is 59.3 Å². The molecule has 0 atom stereocenters. The summed E-state index contributed by atoms with van der Waals surface area (Å²) < 4.78 is 19.7. The molecule has 2 fully saturated rings. The minimum absolute atomic E-state index is 0.0173. The number of amides is 1. The second kappa shape index (κ2) is 10.4. The molecule has 1 aromatic carbocycles. The van der Waals surface area contributed by atoms with Gasteiger partial charge in [-0.2, -0.15) is 0 Å². The Morgan fingerprint density at radius 3 is 2.55 bits per heavy atom. The van der Waals surface area contributed by atoms with Crippen molar-refractivity contribution in [1.82, 2.24) is 14.7 Å². The first-order chi connectivity index (χ1) is 15.1. The normalized spacial score (nSPS) is 18.6. The average molecular weight is 428 g/mol. The highest BCUT2D eigenvalue weighted by Gasteiger charge is 2.26. The zero-order valence-electron chi connectivity index (χ0n) is 18.6. The minimum atomic E-state index is -0.199. The molecule has 2 aromatic rings. The Labute approximate surface area is 184 Å². The van der Waals surface area contributed by atoms with Crippen molar-refractivity contribution < 1.29 is 13.6 Å². The third-order valence-electron chi connectivity index (χ3n) is 6.70. The fourth-order valence-electron chi connectivity index (χ4n) is 4.83. The molecule has 0 spiro atoms. The van der Waals surface area contributed by atoms with Crippen molar-refractivity contribution in [3.8, 4) is 0 Å². The van der Waals surface area contributed by atoms with Crippen LogP contribution in [0.5, 0.6) is 0 Å². The Hall–Kier alpha value is -2.18. The van der Waals surface area contributed by atoms with E-state index in [0.717, 1.165) is 56.9 Å². The minimum Gasteiger partial charge on any atom is -0.455 e. The van der Waals surface area contributed by atoms with Gasteiger partial charge in [-0.1, -0.05) is 38.3 Å². The van der Waals surface area contributed by atoms with Gasteiger partial charge in [-0.15, -0.1) is 0 Å². The number of halogens is 1. The summed E-state index contributed by atoms with van der Waals surface area (Å²) in [6.07, 6.45) is 6.06. The summed E-state index contributed by atoms with van der Waals surface area (Å²) in [4.78, 5) is 19.5. The summed E-state index contributed by atoms with van der Waals surface area (Å²) in [6.45, 7) is 7.82. The Morgan fingerprint density at radius 1 is 1.06 bits per heavy atom. The maximum absolute atomic E-state index is 13.7. The summed E-state index contributed by atoms with van der Waals surface area (Å²) in [5, 5.41) is 0. The molecule has 31 heavy (non-hydrogen) atoms. The van der Waals surface area contributed by atoms with Gasteiger partial charge in [-0.05, 0) is 49.2 Å². The van der Waals surface area contributed by atoms with E-state index >= 15 is 0 Å². The van der Waals surface area contributed by atoms with Gasteiger partial charge < -0.3 is 14.2 Å². The van der Waals surface area contributed by atoms with Gasteiger partial charge in [0.05, 0.1) is 6.54 Å². The lowest BCUT2D eigenvalue weighted by atomic mass is 9.93. The summed E-state index contributed by atoms with van der Waals surface area (Å²) in [5.41, 5.74) is 0.974. The Bertz CT molecular complexity index is 854. The molecule has 6 heteroatoms. The molecule has 1 amide bonds. The van der Waals surface area contributed by atoms with E-state index in [-0.39, 0.29) is 11.7 Å². The highest BCUT2D eigenvalue weighted by molar-refractivity contribution is 5.91. The van der Waals surface area contributed by atoms with Gasteiger partial charge in [0.1, 0.15) is 11.6 Å². The van der Waals surface area contributed by atoms with Gasteiger partial charge in [-0.3, -0.25) is 9.69 Å². The topological polar surface area (TPSA) is 39.9 Å². The molecule has 1 aliphatic heterocycles. The molecule has 0 radical (unpaired) electrons. The SMILES string of the molecule is CCN1CCN(C(=O)c2ccc(CN(Cc3cccc(F)c3)C3CCCCC3)o2)CC1. The fourth-order valence-corrected chi connectivity index (χ4v) is 4.83. The van der Waals surface area contributed by atoms with Crippen LogP contribution in [-0.4, -0.2) is 59.4 Å². The molecule has 0 bridgehead atoms. The van der Waals surface area contributed by atoms with E-state index in [1.807, 2.05) is 23.1 Å². The van der Waals surface area contributed by atoms with E-state index in [1.54, 1.807) is 12.1 Å². The lowest BCUT2D eigenvalue weighted by Crippen LogP contribution is -2.48. The van der Waals surface area contributed by atoms with Crippen LogP contribution in [0.4, 0.5) is 4.39 Å². The number of carbonyl (C=O) groups is 1. The number of rotatable bonds is 7. The Kier molecular flexibility index (Phi) is 7.41. The average Bonchev–Trinajstić information content (AvgIpc) is 3.27. The number of carbonyl (C=O) groups excluding carboxylic acids is 1. The van der Waals surface area contributed by atoms with Crippen LogP contribution in [0.1, 0.15) is 60.9 Å². The zero-order chi connectivity index (χ0) is 21.6. The molecule has 2 heterocycles. The first-order valence-electron chi connectivity index (χ1n) is 11.7. The van der Waals surface area contributed by atoms with Crippen molar-refractivity contribution in [2.24, 2.45) is 0 Å². The van der Waals surface area contributed by atoms with E-state index in [2.05, 4.69) is 16.7 Å². The lowest BCUT2D eigenvalue weighted by Gasteiger charge is -2.34. The van der Waals surface area contributed by atoms with Gasteiger partial charge >= 0.3 is 0 Å². The van der Waals surface area contributed by atoms with Gasteiger partial charge in [-0.25, -0.2) is 4.39 Å². The second-order valence-electron chi connectivity index (χ2n) is 8.82. The van der Waals surface area contributed by atoms with E-state index in [0.29, 0.717) is 24.9 Å². The molecule has 5 nitrogen and oxygen atoms in total. The van der Waals surface area contributed by atoms with E-state index in [9.17, 15) is 9.18 Å². The molecular formula is C25H34FN3O2. The summed E-state index contributed by atoms with van der Waals surface area (Å²) in [5.74, 6) is 1.01. The standard InChI is InChI=1S/C25H34FN3O2/c1-2-27-13-15-28(16-14-27)25(30)24-12-11-23(31-24)19-29(22-9-4-3-5-10-22)18-20-7-6-8-21(26)17-20/h6-8,11-12,17,22H,2-5,9-10,13-16,18-19H2,1H3. The van der Waals surface area contributed by atoms with Crippen molar-refractivity contribution >= 4 is 5.91 Å². The number of likely N-dealkylation sites (N-methyl/N-ethyl adjacent to an activating group) is 1. The number of nitrogens with zero attached hydrogens (tertiary/aromatic N) is 3. The summed E-state index contributed by atoms with van der Waals surface area (Å²) in [7, 11) is 0. The van der Waals surface area contributed by atoms with Crippen LogP contribution in [0.2, 0.25) is 0 Å². The van der Waals surface area contributed by atoms with Gasteiger partial charge in [0.2, 0.25) is 0 Å². The number of piperazine rings is 1. The van der Waals surface area contributed by atoms with Crippen molar-refractivity contribution in [1.29, 1.82) is 0 Å². The monoisotopic (exact) mass is 427 g/mol. The highest BCUT2D eigenvalue weighted by Crippen LogP contribution is 2.26. The molecule has 1 saturated carbocycles. The van der Waals surface area contributed by atoms with Gasteiger partial charge in [0.15, 0.2) is 5.76 Å². The second-order valence-corrected chi connectivity index (χ2v) is 8.82. The molecule has 4 rings (SSSR count). The van der Waals surface area contributed by atoms with Crippen LogP contribution in [0, 0.1) is 5.82 Å².